The maximum atomic E-state index is 12.5. The maximum absolute atomic E-state index is 12.5. The summed E-state index contributed by atoms with van der Waals surface area (Å²) in [6.45, 7) is 9.55. The Morgan fingerprint density at radius 1 is 1.18 bits per heavy atom. The number of allylic oxidation sites excluding steroid dienone is 1. The number of anilines is 2. The molecule has 3 aliphatic rings. The lowest BCUT2D eigenvalue weighted by Gasteiger charge is -2.32. The van der Waals surface area contributed by atoms with Crippen molar-refractivity contribution in [2.24, 2.45) is 0 Å². The number of hydrogen-bond acceptors (Lipinski definition) is 7. The Hall–Kier alpha value is -1.67. The summed E-state index contributed by atoms with van der Waals surface area (Å²) in [7, 11) is 0. The minimum Gasteiger partial charge on any atom is -0.461 e. The van der Waals surface area contributed by atoms with Crippen LogP contribution in [0.15, 0.2) is 35.7 Å². The van der Waals surface area contributed by atoms with Crippen LogP contribution in [0.4, 0.5) is 11.4 Å². The van der Waals surface area contributed by atoms with Gasteiger partial charge < -0.3 is 19.7 Å². The Labute approximate surface area is 178 Å². The molecule has 0 saturated carbocycles. The number of ether oxygens (including phenoxy) is 2. The van der Waals surface area contributed by atoms with Gasteiger partial charge in [-0.05, 0) is 26.0 Å². The minimum absolute atomic E-state index is 0. The van der Waals surface area contributed by atoms with Gasteiger partial charge in [0.15, 0.2) is 6.29 Å². The molecule has 0 aromatic heterocycles. The highest BCUT2D eigenvalue weighted by molar-refractivity contribution is 5.98. The van der Waals surface area contributed by atoms with Gasteiger partial charge >= 0.3 is 5.97 Å². The van der Waals surface area contributed by atoms with E-state index in [1.54, 1.807) is 0 Å². The van der Waals surface area contributed by atoms with Crippen LogP contribution < -0.4 is 15.1 Å². The third-order valence-electron chi connectivity index (χ3n) is 5.16. The summed E-state index contributed by atoms with van der Waals surface area (Å²) in [5, 5.41) is 3.48. The van der Waals surface area contributed by atoms with Crippen LogP contribution >= 0.6 is 24.8 Å². The molecule has 1 aromatic carbocycles. The second kappa shape index (κ2) is 9.69. The van der Waals surface area contributed by atoms with E-state index in [1.165, 1.54) is 0 Å². The molecule has 1 N–H and O–H groups in total. The molecule has 0 radical (unpaired) electrons. The zero-order valence-corrected chi connectivity index (χ0v) is 17.9. The standard InChI is InChI=1S/C19H26N4O3.2ClH/c1-3-26-18(24)17-14(2)20-19-22(9-8-21-10-12-25-13-11-21)15-6-4-5-7-16(15)23(17)19;;/h4-7,19-20H,3,8-13H2,1-2H3;2*1H. The fourth-order valence-corrected chi connectivity index (χ4v) is 3.91. The summed E-state index contributed by atoms with van der Waals surface area (Å²) in [4.78, 5) is 19.3. The SMILES string of the molecule is CCOC(=O)C1=C(C)NC2N(CCN3CCOCC3)c3ccccc3N12.Cl.Cl. The maximum Gasteiger partial charge on any atom is 0.356 e. The molecular weight excluding hydrogens is 403 g/mol. The van der Waals surface area contributed by atoms with Gasteiger partial charge in [0.25, 0.3) is 0 Å². The molecule has 28 heavy (non-hydrogen) atoms. The molecule has 1 atom stereocenters. The number of rotatable bonds is 5. The number of carbonyl (C=O) groups excluding carboxylic acids is 1. The molecule has 4 rings (SSSR count). The molecule has 0 spiro atoms. The Morgan fingerprint density at radius 3 is 2.54 bits per heavy atom. The van der Waals surface area contributed by atoms with E-state index >= 15 is 0 Å². The van der Waals surface area contributed by atoms with Gasteiger partial charge in [-0.3, -0.25) is 9.80 Å². The summed E-state index contributed by atoms with van der Waals surface area (Å²) < 4.78 is 10.7. The lowest BCUT2D eigenvalue weighted by Crippen LogP contribution is -2.50. The number of fused-ring (bicyclic) bond motifs is 3. The molecular formula is C19H28Cl2N4O3. The van der Waals surface area contributed by atoms with E-state index in [2.05, 4.69) is 32.1 Å². The van der Waals surface area contributed by atoms with E-state index in [9.17, 15) is 4.79 Å². The van der Waals surface area contributed by atoms with Gasteiger partial charge in [-0.2, -0.15) is 0 Å². The Kier molecular flexibility index (Phi) is 7.83. The van der Waals surface area contributed by atoms with Crippen LogP contribution in [0, 0.1) is 0 Å². The van der Waals surface area contributed by atoms with E-state index in [4.69, 9.17) is 9.47 Å². The normalized spacial score (nSPS) is 20.7. The van der Waals surface area contributed by atoms with Crippen molar-refractivity contribution < 1.29 is 14.3 Å². The smallest absolute Gasteiger partial charge is 0.356 e. The van der Waals surface area contributed by atoms with Gasteiger partial charge in [0.2, 0.25) is 0 Å². The summed E-state index contributed by atoms with van der Waals surface area (Å²) in [5.41, 5.74) is 3.66. The van der Waals surface area contributed by atoms with Gasteiger partial charge in [0.05, 0.1) is 31.2 Å². The number of esters is 1. The van der Waals surface area contributed by atoms with Gasteiger partial charge in [0, 0.05) is 31.9 Å². The predicted octanol–water partition coefficient (Wildman–Crippen LogP) is 2.17. The molecule has 1 saturated heterocycles. The van der Waals surface area contributed by atoms with E-state index in [0.29, 0.717) is 12.3 Å². The van der Waals surface area contributed by atoms with Gasteiger partial charge in [-0.25, -0.2) is 4.79 Å². The highest BCUT2D eigenvalue weighted by atomic mass is 35.5. The Morgan fingerprint density at radius 2 is 1.86 bits per heavy atom. The summed E-state index contributed by atoms with van der Waals surface area (Å²) in [6, 6.07) is 8.24. The average molecular weight is 431 g/mol. The van der Waals surface area contributed by atoms with Crippen LogP contribution in [0.25, 0.3) is 0 Å². The number of halogens is 2. The predicted molar refractivity (Wildman–Crippen MR) is 114 cm³/mol. The highest BCUT2D eigenvalue weighted by Gasteiger charge is 2.45. The summed E-state index contributed by atoms with van der Waals surface area (Å²) in [6.07, 6.45) is -0.0761. The minimum atomic E-state index is -0.273. The lowest BCUT2D eigenvalue weighted by atomic mass is 10.2. The molecule has 9 heteroatoms. The third kappa shape index (κ3) is 4.03. The van der Waals surface area contributed by atoms with E-state index in [0.717, 1.165) is 56.5 Å². The number of nitrogens with one attached hydrogen (secondary N) is 1. The van der Waals surface area contributed by atoms with E-state index in [1.807, 2.05) is 26.0 Å². The molecule has 0 aliphatic carbocycles. The first-order valence-electron chi connectivity index (χ1n) is 9.30. The van der Waals surface area contributed by atoms with Crippen molar-refractivity contribution in [2.45, 2.75) is 20.1 Å². The molecule has 3 heterocycles. The topological polar surface area (TPSA) is 57.3 Å². The molecule has 1 aromatic rings. The van der Waals surface area contributed by atoms with Crippen LogP contribution in [0.2, 0.25) is 0 Å². The summed E-state index contributed by atoms with van der Waals surface area (Å²) in [5.74, 6) is -0.273. The second-order valence-corrected chi connectivity index (χ2v) is 6.72. The van der Waals surface area contributed by atoms with Crippen molar-refractivity contribution in [2.75, 3.05) is 55.8 Å². The molecule has 7 nitrogen and oxygen atoms in total. The zero-order valence-electron chi connectivity index (χ0n) is 16.2. The molecule has 0 bridgehead atoms. The highest BCUT2D eigenvalue weighted by Crippen LogP contribution is 2.44. The van der Waals surface area contributed by atoms with Gasteiger partial charge in [0.1, 0.15) is 5.70 Å². The zero-order chi connectivity index (χ0) is 18.1. The number of benzene rings is 1. The molecule has 1 fully saturated rings. The van der Waals surface area contributed by atoms with Crippen LogP contribution in [0.3, 0.4) is 0 Å². The lowest BCUT2D eigenvalue weighted by molar-refractivity contribution is -0.138. The number of para-hydroxylation sites is 2. The average Bonchev–Trinajstić information content (AvgIpc) is 3.14. The number of nitrogens with zero attached hydrogens (tertiary/aromatic N) is 3. The quantitative estimate of drug-likeness (QED) is 0.718. The van der Waals surface area contributed by atoms with Gasteiger partial charge in [-0.1, -0.05) is 12.1 Å². The van der Waals surface area contributed by atoms with Crippen molar-refractivity contribution in [3.05, 3.63) is 35.7 Å². The van der Waals surface area contributed by atoms with Crippen molar-refractivity contribution >= 4 is 42.2 Å². The fourth-order valence-electron chi connectivity index (χ4n) is 3.91. The van der Waals surface area contributed by atoms with Crippen molar-refractivity contribution in [3.63, 3.8) is 0 Å². The van der Waals surface area contributed by atoms with E-state index < -0.39 is 0 Å². The molecule has 0 amide bonds. The number of hydrogen-bond donors (Lipinski definition) is 1. The summed E-state index contributed by atoms with van der Waals surface area (Å²) >= 11 is 0. The van der Waals surface area contributed by atoms with Gasteiger partial charge in [-0.15, -0.1) is 24.8 Å². The van der Waals surface area contributed by atoms with Crippen LogP contribution in [0.5, 0.6) is 0 Å². The molecule has 156 valence electrons. The van der Waals surface area contributed by atoms with Crippen LogP contribution in [0.1, 0.15) is 13.8 Å². The largest absolute Gasteiger partial charge is 0.461 e. The first kappa shape index (κ1) is 22.6. The fraction of sp³-hybridized carbons (Fsp3) is 0.526. The first-order chi connectivity index (χ1) is 12.7. The Balaban J connectivity index is 0.00000140. The monoisotopic (exact) mass is 430 g/mol. The van der Waals surface area contributed by atoms with Crippen molar-refractivity contribution in [1.82, 2.24) is 10.2 Å². The van der Waals surface area contributed by atoms with Crippen molar-refractivity contribution in [3.8, 4) is 0 Å². The second-order valence-electron chi connectivity index (χ2n) is 6.72. The van der Waals surface area contributed by atoms with E-state index in [-0.39, 0.29) is 37.1 Å². The number of morpholine rings is 1. The first-order valence-corrected chi connectivity index (χ1v) is 9.30. The van der Waals surface area contributed by atoms with Crippen molar-refractivity contribution in [1.29, 1.82) is 0 Å². The molecule has 3 aliphatic heterocycles. The number of carbonyl (C=O) groups is 1. The Bertz CT molecular complexity index is 725. The molecule has 1 unspecified atom stereocenters. The van der Waals surface area contributed by atoms with Crippen LogP contribution in [-0.2, 0) is 14.3 Å². The third-order valence-corrected chi connectivity index (χ3v) is 5.16. The van der Waals surface area contributed by atoms with Crippen LogP contribution in [-0.4, -0.2) is 63.2 Å².